The molecule has 1 heterocycles. The van der Waals surface area contributed by atoms with Crippen molar-refractivity contribution in [1.29, 1.82) is 0 Å². The Labute approximate surface area is 119 Å². The number of non-ortho nitro benzene ring substituents is 1. The maximum absolute atomic E-state index is 13.0. The van der Waals surface area contributed by atoms with Crippen molar-refractivity contribution in [3.8, 4) is 16.9 Å². The Morgan fingerprint density at radius 2 is 1.67 bits per heavy atom. The number of aromatic nitrogens is 2. The highest BCUT2D eigenvalue weighted by molar-refractivity contribution is 5.63. The first kappa shape index (κ1) is 13.0. The van der Waals surface area contributed by atoms with Crippen molar-refractivity contribution < 1.29 is 9.31 Å². The van der Waals surface area contributed by atoms with Crippen molar-refractivity contribution in [2.75, 3.05) is 0 Å². The van der Waals surface area contributed by atoms with Gasteiger partial charge in [0.25, 0.3) is 5.69 Å². The molecule has 0 amide bonds. The number of hydrogen-bond donors (Lipinski definition) is 0. The van der Waals surface area contributed by atoms with E-state index in [9.17, 15) is 14.5 Å². The third kappa shape index (κ3) is 2.51. The molecule has 0 N–H and O–H groups in total. The standard InChI is InChI=1S/C15H10FN3O2/c16-12-3-7-13(8-4-12)18-15(9-10-17-18)11-1-5-14(6-2-11)19(20)21/h1-10H. The van der Waals surface area contributed by atoms with Gasteiger partial charge >= 0.3 is 0 Å². The lowest BCUT2D eigenvalue weighted by Gasteiger charge is -2.07. The van der Waals surface area contributed by atoms with Crippen LogP contribution in [0.25, 0.3) is 16.9 Å². The van der Waals surface area contributed by atoms with E-state index in [1.807, 2.05) is 0 Å². The summed E-state index contributed by atoms with van der Waals surface area (Å²) >= 11 is 0. The average Bonchev–Trinajstić information content (AvgIpc) is 2.97. The number of benzene rings is 2. The molecular weight excluding hydrogens is 273 g/mol. The van der Waals surface area contributed by atoms with E-state index < -0.39 is 4.92 Å². The molecule has 0 unspecified atom stereocenters. The van der Waals surface area contributed by atoms with Gasteiger partial charge in [-0.05, 0) is 42.5 Å². The Balaban J connectivity index is 2.02. The van der Waals surface area contributed by atoms with Gasteiger partial charge in [0.1, 0.15) is 5.82 Å². The molecule has 0 saturated carbocycles. The van der Waals surface area contributed by atoms with Crippen molar-refractivity contribution in [3.05, 3.63) is 76.7 Å². The molecule has 104 valence electrons. The van der Waals surface area contributed by atoms with Gasteiger partial charge in [0, 0.05) is 17.7 Å². The molecule has 0 atom stereocenters. The van der Waals surface area contributed by atoms with Crippen LogP contribution in [-0.4, -0.2) is 14.7 Å². The molecular formula is C15H10FN3O2. The van der Waals surface area contributed by atoms with Crippen LogP contribution in [0, 0.1) is 15.9 Å². The lowest BCUT2D eigenvalue weighted by Crippen LogP contribution is -1.99. The van der Waals surface area contributed by atoms with Crippen molar-refractivity contribution in [3.63, 3.8) is 0 Å². The first-order valence-corrected chi connectivity index (χ1v) is 6.20. The second-order valence-electron chi connectivity index (χ2n) is 4.41. The fourth-order valence-corrected chi connectivity index (χ4v) is 2.06. The zero-order valence-electron chi connectivity index (χ0n) is 10.8. The minimum absolute atomic E-state index is 0.0339. The summed E-state index contributed by atoms with van der Waals surface area (Å²) in [4.78, 5) is 10.2. The molecule has 6 heteroatoms. The van der Waals surface area contributed by atoms with E-state index in [-0.39, 0.29) is 11.5 Å². The first-order valence-electron chi connectivity index (χ1n) is 6.20. The van der Waals surface area contributed by atoms with Gasteiger partial charge in [-0.3, -0.25) is 10.1 Å². The van der Waals surface area contributed by atoms with E-state index in [0.29, 0.717) is 0 Å². The van der Waals surface area contributed by atoms with Gasteiger partial charge in [0.2, 0.25) is 0 Å². The number of rotatable bonds is 3. The number of halogens is 1. The van der Waals surface area contributed by atoms with Gasteiger partial charge in [-0.1, -0.05) is 0 Å². The van der Waals surface area contributed by atoms with Crippen LogP contribution in [0.1, 0.15) is 0 Å². The fraction of sp³-hybridized carbons (Fsp3) is 0. The molecule has 0 fully saturated rings. The van der Waals surface area contributed by atoms with E-state index >= 15 is 0 Å². The molecule has 3 rings (SSSR count). The fourth-order valence-electron chi connectivity index (χ4n) is 2.06. The largest absolute Gasteiger partial charge is 0.269 e. The summed E-state index contributed by atoms with van der Waals surface area (Å²) in [6.07, 6.45) is 1.63. The summed E-state index contributed by atoms with van der Waals surface area (Å²) in [5.41, 5.74) is 2.32. The summed E-state index contributed by atoms with van der Waals surface area (Å²) in [5.74, 6) is -0.317. The summed E-state index contributed by atoms with van der Waals surface area (Å²) in [7, 11) is 0. The van der Waals surface area contributed by atoms with Gasteiger partial charge in [-0.25, -0.2) is 9.07 Å². The van der Waals surface area contributed by atoms with Crippen molar-refractivity contribution >= 4 is 5.69 Å². The molecule has 0 radical (unpaired) electrons. The van der Waals surface area contributed by atoms with E-state index in [4.69, 9.17) is 0 Å². The third-order valence-electron chi connectivity index (χ3n) is 3.09. The topological polar surface area (TPSA) is 61.0 Å². The summed E-state index contributed by atoms with van der Waals surface area (Å²) < 4.78 is 14.6. The van der Waals surface area contributed by atoms with E-state index in [1.54, 1.807) is 41.2 Å². The molecule has 0 aliphatic rings. The third-order valence-corrected chi connectivity index (χ3v) is 3.09. The van der Waals surface area contributed by atoms with Crippen LogP contribution in [-0.2, 0) is 0 Å². The van der Waals surface area contributed by atoms with Crippen LogP contribution >= 0.6 is 0 Å². The molecule has 0 aliphatic carbocycles. The predicted molar refractivity (Wildman–Crippen MR) is 75.6 cm³/mol. The first-order chi connectivity index (χ1) is 10.1. The molecule has 2 aromatic carbocycles. The number of nitrogens with zero attached hydrogens (tertiary/aromatic N) is 3. The molecule has 0 saturated heterocycles. The lowest BCUT2D eigenvalue weighted by molar-refractivity contribution is -0.384. The maximum atomic E-state index is 13.0. The van der Waals surface area contributed by atoms with Crippen LogP contribution in [0.15, 0.2) is 60.8 Å². The maximum Gasteiger partial charge on any atom is 0.269 e. The van der Waals surface area contributed by atoms with Crippen LogP contribution in [0.4, 0.5) is 10.1 Å². The molecule has 0 aliphatic heterocycles. The Morgan fingerprint density at radius 3 is 2.29 bits per heavy atom. The summed E-state index contributed by atoms with van der Waals surface area (Å²) in [5, 5.41) is 14.9. The molecule has 1 aromatic heterocycles. The minimum Gasteiger partial charge on any atom is -0.258 e. The van der Waals surface area contributed by atoms with Gasteiger partial charge in [0.15, 0.2) is 0 Å². The normalized spacial score (nSPS) is 10.5. The highest BCUT2D eigenvalue weighted by atomic mass is 19.1. The van der Waals surface area contributed by atoms with Gasteiger partial charge in [-0.2, -0.15) is 5.10 Å². The van der Waals surface area contributed by atoms with Crippen molar-refractivity contribution in [1.82, 2.24) is 9.78 Å². The zero-order chi connectivity index (χ0) is 14.8. The van der Waals surface area contributed by atoms with Crippen molar-refractivity contribution in [2.45, 2.75) is 0 Å². The Kier molecular flexibility index (Phi) is 3.19. The lowest BCUT2D eigenvalue weighted by atomic mass is 10.1. The number of nitro groups is 1. The Hall–Kier alpha value is -3.02. The highest BCUT2D eigenvalue weighted by Crippen LogP contribution is 2.24. The van der Waals surface area contributed by atoms with E-state index in [0.717, 1.165) is 16.9 Å². The average molecular weight is 283 g/mol. The highest BCUT2D eigenvalue weighted by Gasteiger charge is 2.10. The molecule has 0 spiro atoms. The van der Waals surface area contributed by atoms with Crippen LogP contribution < -0.4 is 0 Å². The second-order valence-corrected chi connectivity index (χ2v) is 4.41. The molecule has 5 nitrogen and oxygen atoms in total. The van der Waals surface area contributed by atoms with E-state index in [1.165, 1.54) is 24.3 Å². The van der Waals surface area contributed by atoms with Crippen LogP contribution in [0.3, 0.4) is 0 Å². The van der Waals surface area contributed by atoms with Crippen LogP contribution in [0.2, 0.25) is 0 Å². The zero-order valence-corrected chi connectivity index (χ0v) is 10.8. The summed E-state index contributed by atoms with van der Waals surface area (Å²) in [6, 6.07) is 14.0. The molecule has 3 aromatic rings. The number of nitro benzene ring substituents is 1. The smallest absolute Gasteiger partial charge is 0.258 e. The van der Waals surface area contributed by atoms with Gasteiger partial charge in [-0.15, -0.1) is 0 Å². The van der Waals surface area contributed by atoms with Crippen LogP contribution in [0.5, 0.6) is 0 Å². The van der Waals surface area contributed by atoms with E-state index in [2.05, 4.69) is 5.10 Å². The predicted octanol–water partition coefficient (Wildman–Crippen LogP) is 3.59. The SMILES string of the molecule is O=[N+]([O-])c1ccc(-c2ccnn2-c2ccc(F)cc2)cc1. The molecule has 21 heavy (non-hydrogen) atoms. The summed E-state index contributed by atoms with van der Waals surface area (Å²) in [6.45, 7) is 0. The monoisotopic (exact) mass is 283 g/mol. The van der Waals surface area contributed by atoms with Gasteiger partial charge in [0.05, 0.1) is 22.5 Å². The quantitative estimate of drug-likeness (QED) is 0.545. The van der Waals surface area contributed by atoms with Crippen molar-refractivity contribution in [2.24, 2.45) is 0 Å². The molecule has 0 bridgehead atoms. The Morgan fingerprint density at radius 1 is 1.00 bits per heavy atom. The second kappa shape index (κ2) is 5.16. The minimum atomic E-state index is -0.443. The van der Waals surface area contributed by atoms with Gasteiger partial charge < -0.3 is 0 Å². The Bertz CT molecular complexity index is 779. The number of hydrogen-bond acceptors (Lipinski definition) is 3.